The largest absolute Gasteiger partial charge is 0.317 e. The molecule has 0 aromatic carbocycles. The van der Waals surface area contributed by atoms with Crippen LogP contribution < -0.4 is 5.32 Å². The second kappa shape index (κ2) is 5.72. The van der Waals surface area contributed by atoms with E-state index in [0.29, 0.717) is 0 Å². The fourth-order valence-corrected chi connectivity index (χ4v) is 3.86. The van der Waals surface area contributed by atoms with Crippen molar-refractivity contribution in [2.45, 2.75) is 45.2 Å². The van der Waals surface area contributed by atoms with Gasteiger partial charge in [0.25, 0.3) is 0 Å². The van der Waals surface area contributed by atoms with Crippen molar-refractivity contribution >= 4 is 11.3 Å². The summed E-state index contributed by atoms with van der Waals surface area (Å²) in [6.07, 6.45) is 5.59. The van der Waals surface area contributed by atoms with Gasteiger partial charge < -0.3 is 5.32 Å². The zero-order chi connectivity index (χ0) is 12.4. The van der Waals surface area contributed by atoms with Gasteiger partial charge in [-0.15, -0.1) is 11.3 Å². The van der Waals surface area contributed by atoms with Crippen LogP contribution in [0, 0.1) is 12.8 Å². The molecule has 18 heavy (non-hydrogen) atoms. The van der Waals surface area contributed by atoms with E-state index >= 15 is 0 Å². The van der Waals surface area contributed by atoms with Crippen molar-refractivity contribution < 1.29 is 0 Å². The molecule has 1 N–H and O–H groups in total. The van der Waals surface area contributed by atoms with Gasteiger partial charge >= 0.3 is 0 Å². The molecule has 0 unspecified atom stereocenters. The van der Waals surface area contributed by atoms with E-state index in [1.54, 1.807) is 4.88 Å². The smallest absolute Gasteiger partial charge is 0.0333 e. The lowest BCUT2D eigenvalue weighted by molar-refractivity contribution is 0.191. The Morgan fingerprint density at radius 3 is 2.67 bits per heavy atom. The molecule has 2 heterocycles. The zero-order valence-electron chi connectivity index (χ0n) is 11.3. The van der Waals surface area contributed by atoms with E-state index in [2.05, 4.69) is 28.6 Å². The summed E-state index contributed by atoms with van der Waals surface area (Å²) in [6, 6.07) is 3.15. The maximum atomic E-state index is 3.47. The van der Waals surface area contributed by atoms with E-state index in [4.69, 9.17) is 0 Å². The predicted octanol–water partition coefficient (Wildman–Crippen LogP) is 3.02. The molecule has 1 aromatic heterocycles. The number of nitrogens with zero attached hydrogens (tertiary/aromatic N) is 1. The molecule has 100 valence electrons. The Balaban J connectivity index is 1.59. The molecule has 0 bridgehead atoms. The minimum absolute atomic E-state index is 0.890. The van der Waals surface area contributed by atoms with Crippen LogP contribution in [0.25, 0.3) is 0 Å². The molecule has 1 aliphatic heterocycles. The van der Waals surface area contributed by atoms with Gasteiger partial charge in [0.15, 0.2) is 0 Å². The first-order valence-electron chi connectivity index (χ1n) is 7.30. The summed E-state index contributed by atoms with van der Waals surface area (Å²) < 4.78 is 0. The number of nitrogens with one attached hydrogen (secondary N) is 1. The number of rotatable bonds is 5. The van der Waals surface area contributed by atoms with Crippen LogP contribution in [0.15, 0.2) is 11.4 Å². The second-order valence-electron chi connectivity index (χ2n) is 5.88. The summed E-state index contributed by atoms with van der Waals surface area (Å²) in [6.45, 7) is 7.21. The Morgan fingerprint density at radius 1 is 1.28 bits per heavy atom. The fraction of sp³-hybridized carbons (Fsp3) is 0.733. The summed E-state index contributed by atoms with van der Waals surface area (Å²) in [5.41, 5.74) is 1.48. The van der Waals surface area contributed by atoms with E-state index in [0.717, 1.165) is 12.0 Å². The van der Waals surface area contributed by atoms with E-state index in [1.165, 1.54) is 57.4 Å². The highest BCUT2D eigenvalue weighted by atomic mass is 32.1. The third-order valence-electron chi connectivity index (χ3n) is 4.33. The lowest BCUT2D eigenvalue weighted by Gasteiger charge is -2.30. The molecular formula is C15H24N2S. The highest BCUT2D eigenvalue weighted by Gasteiger charge is 2.31. The van der Waals surface area contributed by atoms with Gasteiger partial charge in [0.2, 0.25) is 0 Å². The number of hydrogen-bond donors (Lipinski definition) is 1. The molecule has 2 aliphatic rings. The van der Waals surface area contributed by atoms with Crippen molar-refractivity contribution in [3.05, 3.63) is 21.9 Å². The van der Waals surface area contributed by atoms with E-state index < -0.39 is 0 Å². The van der Waals surface area contributed by atoms with Crippen LogP contribution >= 0.6 is 11.3 Å². The number of aryl methyl sites for hydroxylation is 1. The van der Waals surface area contributed by atoms with Gasteiger partial charge in [-0.2, -0.15) is 0 Å². The summed E-state index contributed by atoms with van der Waals surface area (Å²) in [5, 5.41) is 5.71. The van der Waals surface area contributed by atoms with Gasteiger partial charge in [0.1, 0.15) is 0 Å². The lowest BCUT2D eigenvalue weighted by Crippen LogP contribution is -2.36. The molecule has 1 aromatic rings. The Bertz CT molecular complexity index is 378. The first-order valence-corrected chi connectivity index (χ1v) is 8.18. The molecular weight excluding hydrogens is 240 g/mol. The van der Waals surface area contributed by atoms with Crippen molar-refractivity contribution in [1.29, 1.82) is 0 Å². The lowest BCUT2D eigenvalue weighted by atomic mass is 9.97. The Hall–Kier alpha value is -0.380. The Labute approximate surface area is 114 Å². The third kappa shape index (κ3) is 3.14. The minimum Gasteiger partial charge on any atom is -0.317 e. The number of piperidine rings is 1. The SMILES string of the molecule is Cc1ccsc1CN(CC1CCNCC1)C1CC1. The number of thiophene rings is 1. The van der Waals surface area contributed by atoms with Gasteiger partial charge in [-0.25, -0.2) is 0 Å². The Morgan fingerprint density at radius 2 is 2.06 bits per heavy atom. The van der Waals surface area contributed by atoms with Crippen molar-refractivity contribution in [3.63, 3.8) is 0 Å². The average molecular weight is 264 g/mol. The first-order chi connectivity index (χ1) is 8.83. The maximum absolute atomic E-state index is 3.47. The molecule has 3 heteroatoms. The molecule has 1 aliphatic carbocycles. The summed E-state index contributed by atoms with van der Waals surface area (Å²) in [4.78, 5) is 4.34. The van der Waals surface area contributed by atoms with Crippen LogP contribution in [0.1, 0.15) is 36.1 Å². The van der Waals surface area contributed by atoms with Crippen molar-refractivity contribution in [2.75, 3.05) is 19.6 Å². The summed E-state index contributed by atoms with van der Waals surface area (Å²) in [5.74, 6) is 0.923. The van der Waals surface area contributed by atoms with Crippen molar-refractivity contribution in [3.8, 4) is 0 Å². The minimum atomic E-state index is 0.890. The first kappa shape index (κ1) is 12.6. The monoisotopic (exact) mass is 264 g/mol. The molecule has 1 saturated heterocycles. The molecule has 2 fully saturated rings. The van der Waals surface area contributed by atoms with Gasteiger partial charge in [0.05, 0.1) is 0 Å². The van der Waals surface area contributed by atoms with Gasteiger partial charge in [-0.05, 0) is 68.6 Å². The van der Waals surface area contributed by atoms with Crippen LogP contribution in [-0.4, -0.2) is 30.6 Å². The van der Waals surface area contributed by atoms with Crippen molar-refractivity contribution in [2.24, 2.45) is 5.92 Å². The average Bonchev–Trinajstić information content (AvgIpc) is 3.16. The molecule has 0 spiro atoms. The third-order valence-corrected chi connectivity index (χ3v) is 5.34. The van der Waals surface area contributed by atoms with E-state index in [1.807, 2.05) is 11.3 Å². The van der Waals surface area contributed by atoms with Crippen LogP contribution in [0.3, 0.4) is 0 Å². The Kier molecular flexibility index (Phi) is 4.02. The fourth-order valence-electron chi connectivity index (χ4n) is 2.93. The maximum Gasteiger partial charge on any atom is 0.0333 e. The van der Waals surface area contributed by atoms with Crippen molar-refractivity contribution in [1.82, 2.24) is 10.2 Å². The highest BCUT2D eigenvalue weighted by molar-refractivity contribution is 7.10. The highest BCUT2D eigenvalue weighted by Crippen LogP contribution is 2.31. The second-order valence-corrected chi connectivity index (χ2v) is 6.88. The standard InChI is InChI=1S/C15H24N2S/c1-12-6-9-18-15(12)11-17(14-2-3-14)10-13-4-7-16-8-5-13/h6,9,13-14,16H,2-5,7-8,10-11H2,1H3. The van der Waals surface area contributed by atoms with Gasteiger partial charge in [0, 0.05) is 24.0 Å². The normalized spacial score (nSPS) is 21.7. The quantitative estimate of drug-likeness (QED) is 0.879. The summed E-state index contributed by atoms with van der Waals surface area (Å²) in [7, 11) is 0. The van der Waals surface area contributed by atoms with Crippen LogP contribution in [0.5, 0.6) is 0 Å². The molecule has 1 saturated carbocycles. The van der Waals surface area contributed by atoms with Crippen LogP contribution in [0.2, 0.25) is 0 Å². The predicted molar refractivity (Wildman–Crippen MR) is 78.1 cm³/mol. The molecule has 0 atom stereocenters. The van der Waals surface area contributed by atoms with E-state index in [-0.39, 0.29) is 0 Å². The van der Waals surface area contributed by atoms with Crippen LogP contribution in [-0.2, 0) is 6.54 Å². The molecule has 0 amide bonds. The molecule has 0 radical (unpaired) electrons. The topological polar surface area (TPSA) is 15.3 Å². The molecule has 3 rings (SSSR count). The zero-order valence-corrected chi connectivity index (χ0v) is 12.1. The van der Waals surface area contributed by atoms with Crippen LogP contribution in [0.4, 0.5) is 0 Å². The van der Waals surface area contributed by atoms with E-state index in [9.17, 15) is 0 Å². The van der Waals surface area contributed by atoms with Gasteiger partial charge in [-0.3, -0.25) is 4.90 Å². The number of hydrogen-bond acceptors (Lipinski definition) is 3. The van der Waals surface area contributed by atoms with Gasteiger partial charge in [-0.1, -0.05) is 0 Å². The molecule has 2 nitrogen and oxygen atoms in total. The summed E-state index contributed by atoms with van der Waals surface area (Å²) >= 11 is 1.93.